The summed E-state index contributed by atoms with van der Waals surface area (Å²) in [7, 11) is -2.60. The highest BCUT2D eigenvalue weighted by Crippen LogP contribution is 2.54. The van der Waals surface area contributed by atoms with Gasteiger partial charge in [-0.3, -0.25) is 4.79 Å². The van der Waals surface area contributed by atoms with E-state index >= 15 is 4.39 Å². The van der Waals surface area contributed by atoms with E-state index in [9.17, 15) is 18.1 Å². The van der Waals surface area contributed by atoms with Crippen molar-refractivity contribution in [3.05, 3.63) is 82.4 Å². The minimum absolute atomic E-state index is 0.0304. The number of fused-ring (bicyclic) bond motifs is 9. The lowest BCUT2D eigenvalue weighted by molar-refractivity contribution is -0.0507. The topological polar surface area (TPSA) is 64.4 Å². The summed E-state index contributed by atoms with van der Waals surface area (Å²) in [5.41, 5.74) is 3.15. The molecule has 2 aliphatic heterocycles. The second-order valence-corrected chi connectivity index (χ2v) is 14.5. The Bertz CT molecular complexity index is 1850. The fraction of sp³-hybridized carbons (Fsp3) is 0.333. The third-order valence-corrected chi connectivity index (χ3v) is 10.3. The first-order chi connectivity index (χ1) is 20.1. The molecule has 2 bridgehead atoms. The van der Waals surface area contributed by atoms with Gasteiger partial charge >= 0.3 is 6.61 Å². The number of imidazole rings is 1. The SMILES string of the molecule is [2H]C([2H])([2H])N1C(=O)c2cccc(OC(F)F)c2[C@H]2C[C@@H]1c1nc3ccc(-c4cc(F)c([C@H](C)P(C)(C)=O)cc4C)cc3n12. The quantitative estimate of drug-likeness (QED) is 0.232. The van der Waals surface area contributed by atoms with E-state index in [1.54, 1.807) is 49.1 Å². The second kappa shape index (κ2) is 9.23. The third kappa shape index (κ3) is 4.05. The highest BCUT2D eigenvalue weighted by atomic mass is 31.2. The van der Waals surface area contributed by atoms with Crippen LogP contribution in [0.15, 0.2) is 48.5 Å². The lowest BCUT2D eigenvalue weighted by Gasteiger charge is -2.24. The molecule has 6 rings (SSSR count). The maximum absolute atomic E-state index is 15.4. The summed E-state index contributed by atoms with van der Waals surface area (Å²) in [5, 5.41) is 0. The van der Waals surface area contributed by atoms with Crippen molar-refractivity contribution in [2.24, 2.45) is 0 Å². The molecule has 0 unspecified atom stereocenters. The summed E-state index contributed by atoms with van der Waals surface area (Å²) in [6.45, 7) is 0.850. The summed E-state index contributed by atoms with van der Waals surface area (Å²) < 4.78 is 86.1. The molecule has 3 aromatic carbocycles. The Balaban J connectivity index is 1.56. The largest absolute Gasteiger partial charge is 0.434 e. The first kappa shape index (κ1) is 23.2. The Morgan fingerprint density at radius 3 is 2.60 bits per heavy atom. The molecule has 3 atom stereocenters. The Labute approximate surface area is 234 Å². The van der Waals surface area contributed by atoms with Crippen LogP contribution >= 0.6 is 7.14 Å². The van der Waals surface area contributed by atoms with E-state index in [1.807, 2.05) is 6.92 Å². The Kier molecular flexibility index (Phi) is 5.34. The zero-order chi connectivity index (χ0) is 31.2. The second-order valence-electron chi connectivity index (χ2n) is 10.9. The van der Waals surface area contributed by atoms with Crippen molar-refractivity contribution in [1.82, 2.24) is 14.5 Å². The first-order valence-corrected chi connectivity index (χ1v) is 15.5. The maximum atomic E-state index is 15.4. The van der Waals surface area contributed by atoms with Gasteiger partial charge in [0.05, 0.1) is 30.3 Å². The van der Waals surface area contributed by atoms with Gasteiger partial charge in [0.15, 0.2) is 0 Å². The number of aromatic nitrogens is 2. The molecule has 10 heteroatoms. The van der Waals surface area contributed by atoms with Crippen LogP contribution in [0.3, 0.4) is 0 Å². The minimum atomic E-state index is -3.16. The Morgan fingerprint density at radius 1 is 1.12 bits per heavy atom. The number of aryl methyl sites for hydroxylation is 1. The van der Waals surface area contributed by atoms with Gasteiger partial charge in [0.25, 0.3) is 5.91 Å². The normalized spacial score (nSPS) is 20.6. The molecule has 0 saturated carbocycles. The van der Waals surface area contributed by atoms with Gasteiger partial charge < -0.3 is 18.8 Å². The lowest BCUT2D eigenvalue weighted by Crippen LogP contribution is -2.30. The molecule has 3 heterocycles. The van der Waals surface area contributed by atoms with E-state index in [1.165, 1.54) is 24.3 Å². The van der Waals surface area contributed by atoms with E-state index in [2.05, 4.69) is 0 Å². The molecule has 0 spiro atoms. The van der Waals surface area contributed by atoms with Gasteiger partial charge in [-0.2, -0.15) is 8.78 Å². The van der Waals surface area contributed by atoms with Crippen molar-refractivity contribution in [3.8, 4) is 16.9 Å². The lowest BCUT2D eigenvalue weighted by atomic mass is 9.96. The van der Waals surface area contributed by atoms with Crippen LogP contribution in [0.25, 0.3) is 22.2 Å². The number of carbonyl (C=O) groups is 1. The molecule has 6 nitrogen and oxygen atoms in total. The zero-order valence-corrected chi connectivity index (χ0v) is 23.2. The summed E-state index contributed by atoms with van der Waals surface area (Å²) >= 11 is 0. The molecule has 0 aliphatic carbocycles. The molecule has 0 radical (unpaired) electrons. The number of hydrogen-bond donors (Lipinski definition) is 0. The number of amides is 1. The minimum Gasteiger partial charge on any atom is -0.434 e. The van der Waals surface area contributed by atoms with Gasteiger partial charge in [0, 0.05) is 34.3 Å². The van der Waals surface area contributed by atoms with E-state index < -0.39 is 50.2 Å². The number of halogens is 3. The van der Waals surface area contributed by atoms with Crippen molar-refractivity contribution < 1.29 is 31.4 Å². The van der Waals surface area contributed by atoms with Crippen LogP contribution < -0.4 is 4.74 Å². The number of carbonyl (C=O) groups excluding carboxylic acids is 1. The Hall–Kier alpha value is -3.58. The molecule has 2 aliphatic rings. The van der Waals surface area contributed by atoms with Crippen LogP contribution in [0.4, 0.5) is 13.2 Å². The van der Waals surface area contributed by atoms with Crippen LogP contribution in [-0.2, 0) is 4.57 Å². The molecule has 0 saturated heterocycles. The first-order valence-electron chi connectivity index (χ1n) is 14.4. The average molecular weight is 571 g/mol. The van der Waals surface area contributed by atoms with Crippen molar-refractivity contribution >= 4 is 24.1 Å². The summed E-state index contributed by atoms with van der Waals surface area (Å²) in [6.07, 6.45) is 0.0948. The molecular weight excluding hydrogens is 538 g/mol. The molecular formula is C30H29F3N3O3P. The number of rotatable bonds is 5. The van der Waals surface area contributed by atoms with E-state index in [0.717, 1.165) is 10.5 Å². The number of nitrogens with zero attached hydrogens (tertiary/aromatic N) is 3. The number of alkyl halides is 2. The highest BCUT2D eigenvalue weighted by molar-refractivity contribution is 7.62. The summed E-state index contributed by atoms with van der Waals surface area (Å²) in [4.78, 5) is 19.1. The standard InChI is InChI=1S/C30H29F3N3O3P/c1-15-11-20(16(2)40(4,5)38)21(31)13-19(15)17-9-10-22-23(12-17)36-24-14-25(28(36)34-22)35(3)29(37)18-7-6-8-26(27(18)24)39-30(32)33/h6-13,16,24-25,30H,14H2,1-5H3/t16-,24+,25+/m0/s1/i3D3. The van der Waals surface area contributed by atoms with Crippen LogP contribution in [0, 0.1) is 12.7 Å². The average Bonchev–Trinajstić information content (AvgIpc) is 3.40. The van der Waals surface area contributed by atoms with Gasteiger partial charge in [-0.1, -0.05) is 25.1 Å². The fourth-order valence-corrected chi connectivity index (χ4v) is 6.81. The van der Waals surface area contributed by atoms with Crippen LogP contribution in [0.2, 0.25) is 0 Å². The number of benzene rings is 3. The molecule has 0 N–H and O–H groups in total. The molecule has 40 heavy (non-hydrogen) atoms. The fourth-order valence-electron chi connectivity index (χ4n) is 5.95. The number of hydrogen-bond acceptors (Lipinski definition) is 4. The predicted molar refractivity (Wildman–Crippen MR) is 148 cm³/mol. The van der Waals surface area contributed by atoms with Crippen molar-refractivity contribution in [2.75, 3.05) is 20.3 Å². The van der Waals surface area contributed by atoms with Gasteiger partial charge in [0.2, 0.25) is 0 Å². The van der Waals surface area contributed by atoms with Crippen molar-refractivity contribution in [3.63, 3.8) is 0 Å². The highest BCUT2D eigenvalue weighted by Gasteiger charge is 2.45. The zero-order valence-electron chi connectivity index (χ0n) is 25.3. The molecule has 0 fully saturated rings. The van der Waals surface area contributed by atoms with Gasteiger partial charge in [0.1, 0.15) is 17.4 Å². The van der Waals surface area contributed by atoms with Gasteiger partial charge in [-0.05, 0) is 72.8 Å². The predicted octanol–water partition coefficient (Wildman–Crippen LogP) is 7.56. The van der Waals surface area contributed by atoms with E-state index in [4.69, 9.17) is 13.8 Å². The summed E-state index contributed by atoms with van der Waals surface area (Å²) in [5.74, 6) is -1.19. The Morgan fingerprint density at radius 2 is 1.90 bits per heavy atom. The van der Waals surface area contributed by atoms with Crippen LogP contribution in [0.1, 0.15) is 68.1 Å². The van der Waals surface area contributed by atoms with E-state index in [-0.39, 0.29) is 23.3 Å². The van der Waals surface area contributed by atoms with Crippen molar-refractivity contribution in [1.29, 1.82) is 0 Å². The maximum Gasteiger partial charge on any atom is 0.387 e. The molecule has 208 valence electrons. The van der Waals surface area contributed by atoms with Crippen LogP contribution in [-0.4, -0.2) is 47.3 Å². The van der Waals surface area contributed by atoms with Gasteiger partial charge in [-0.25, -0.2) is 9.37 Å². The van der Waals surface area contributed by atoms with Gasteiger partial charge in [-0.15, -0.1) is 0 Å². The molecule has 1 aromatic heterocycles. The van der Waals surface area contributed by atoms with Crippen molar-refractivity contribution in [2.45, 2.75) is 44.6 Å². The van der Waals surface area contributed by atoms with E-state index in [0.29, 0.717) is 33.5 Å². The smallest absolute Gasteiger partial charge is 0.387 e. The molecule has 1 amide bonds. The molecule has 4 aromatic rings. The van der Waals surface area contributed by atoms with Crippen LogP contribution in [0.5, 0.6) is 5.75 Å². The third-order valence-electron chi connectivity index (χ3n) is 8.19. The summed E-state index contributed by atoms with van der Waals surface area (Å²) in [6, 6.07) is 10.9. The monoisotopic (exact) mass is 570 g/mol. The number of ether oxygens (including phenoxy) is 1.